The Bertz CT molecular complexity index is 1290. The molecule has 5 nitrogen and oxygen atoms in total. The van der Waals surface area contributed by atoms with Crippen LogP contribution in [0.5, 0.6) is 0 Å². The zero-order valence-corrected chi connectivity index (χ0v) is 21.0. The molecule has 1 heterocycles. The van der Waals surface area contributed by atoms with Gasteiger partial charge in [0.05, 0.1) is 6.54 Å². The van der Waals surface area contributed by atoms with E-state index in [2.05, 4.69) is 0 Å². The second kappa shape index (κ2) is 12.4. The summed E-state index contributed by atoms with van der Waals surface area (Å²) in [4.78, 5) is 31.4. The van der Waals surface area contributed by atoms with Gasteiger partial charge in [0.25, 0.3) is 5.91 Å². The lowest BCUT2D eigenvalue weighted by molar-refractivity contribution is -0.133. The average Bonchev–Trinajstić information content (AvgIpc) is 3.41. The summed E-state index contributed by atoms with van der Waals surface area (Å²) in [6, 6.07) is 23.5. The summed E-state index contributed by atoms with van der Waals surface area (Å²) < 4.78 is 18.6. The van der Waals surface area contributed by atoms with E-state index in [-0.39, 0.29) is 24.2 Å². The highest BCUT2D eigenvalue weighted by Gasteiger charge is 2.23. The number of carbonyl (C=O) groups excluding carboxylic acids is 2. The molecule has 3 aromatic carbocycles. The van der Waals surface area contributed by atoms with Crippen LogP contribution in [0.4, 0.5) is 4.39 Å². The van der Waals surface area contributed by atoms with Crippen molar-refractivity contribution in [2.24, 2.45) is 0 Å². The maximum Gasteiger partial charge on any atom is 0.254 e. The second-order valence-corrected chi connectivity index (χ2v) is 9.62. The molecule has 1 aromatic heterocycles. The van der Waals surface area contributed by atoms with Gasteiger partial charge in [0.1, 0.15) is 12.4 Å². The van der Waals surface area contributed by atoms with E-state index in [0.29, 0.717) is 38.2 Å². The molecule has 0 atom stereocenters. The number of thiophene rings is 1. The second-order valence-electron chi connectivity index (χ2n) is 8.59. The predicted octanol–water partition coefficient (Wildman–Crippen LogP) is 5.75. The molecule has 0 radical (unpaired) electrons. The van der Waals surface area contributed by atoms with Crippen LogP contribution in [0.3, 0.4) is 0 Å². The van der Waals surface area contributed by atoms with E-state index in [1.807, 2.05) is 53.9 Å². The van der Waals surface area contributed by atoms with E-state index < -0.39 is 0 Å². The number of hydrogen-bond acceptors (Lipinski definition) is 4. The Kier molecular flexibility index (Phi) is 8.81. The van der Waals surface area contributed by atoms with Gasteiger partial charge in [-0.3, -0.25) is 9.59 Å². The number of hydrogen-bond donors (Lipinski definition) is 0. The standard InChI is InChI=1S/C29H29FN2O3S/c1-35-16-5-15-31(29(34)25-12-11-23-6-2-3-7-24(23)18-25)21-28(33)32(20-27-8-4-17-36-27)19-22-9-13-26(30)14-10-22/h2-4,6-14,17-18H,5,15-16,19-21H2,1H3. The van der Waals surface area contributed by atoms with Gasteiger partial charge in [-0.2, -0.15) is 0 Å². The van der Waals surface area contributed by atoms with E-state index in [4.69, 9.17) is 4.74 Å². The van der Waals surface area contributed by atoms with Crippen LogP contribution < -0.4 is 0 Å². The monoisotopic (exact) mass is 504 g/mol. The number of amides is 2. The van der Waals surface area contributed by atoms with E-state index in [0.717, 1.165) is 21.2 Å². The lowest BCUT2D eigenvalue weighted by Crippen LogP contribution is -2.43. The predicted molar refractivity (Wildman–Crippen MR) is 141 cm³/mol. The number of rotatable bonds is 11. The summed E-state index contributed by atoms with van der Waals surface area (Å²) in [5.74, 6) is -0.678. The Morgan fingerprint density at radius 3 is 2.39 bits per heavy atom. The fourth-order valence-electron chi connectivity index (χ4n) is 4.05. The summed E-state index contributed by atoms with van der Waals surface area (Å²) >= 11 is 1.57. The third-order valence-corrected chi connectivity index (χ3v) is 6.81. The lowest BCUT2D eigenvalue weighted by atomic mass is 10.1. The van der Waals surface area contributed by atoms with Crippen LogP contribution in [-0.2, 0) is 22.6 Å². The molecular weight excluding hydrogens is 475 g/mol. The van der Waals surface area contributed by atoms with Gasteiger partial charge in [0, 0.05) is 37.2 Å². The van der Waals surface area contributed by atoms with Crippen molar-refractivity contribution >= 4 is 33.9 Å². The smallest absolute Gasteiger partial charge is 0.254 e. The Balaban J connectivity index is 1.55. The Morgan fingerprint density at radius 1 is 0.889 bits per heavy atom. The highest BCUT2D eigenvalue weighted by Crippen LogP contribution is 2.19. The van der Waals surface area contributed by atoms with Gasteiger partial charge in [0.2, 0.25) is 5.91 Å². The topological polar surface area (TPSA) is 49.9 Å². The van der Waals surface area contributed by atoms with Crippen LogP contribution >= 0.6 is 11.3 Å². The van der Waals surface area contributed by atoms with Crippen LogP contribution in [0.15, 0.2) is 84.2 Å². The quantitative estimate of drug-likeness (QED) is 0.245. The summed E-state index contributed by atoms with van der Waals surface area (Å²) in [7, 11) is 1.62. The first kappa shape index (κ1) is 25.5. The normalized spacial score (nSPS) is 10.9. The SMILES string of the molecule is COCCCN(CC(=O)N(Cc1ccc(F)cc1)Cc1cccs1)C(=O)c1ccc2ccccc2c1. The van der Waals surface area contributed by atoms with Crippen molar-refractivity contribution in [3.05, 3.63) is 106 Å². The number of methoxy groups -OCH3 is 1. The molecule has 0 N–H and O–H groups in total. The maximum atomic E-state index is 13.6. The molecule has 7 heteroatoms. The first-order valence-corrected chi connectivity index (χ1v) is 12.7. The molecule has 0 spiro atoms. The molecule has 0 unspecified atom stereocenters. The van der Waals surface area contributed by atoms with Crippen molar-refractivity contribution in [2.75, 3.05) is 26.8 Å². The van der Waals surface area contributed by atoms with Gasteiger partial charge in [-0.25, -0.2) is 4.39 Å². The average molecular weight is 505 g/mol. The van der Waals surface area contributed by atoms with Crippen molar-refractivity contribution in [2.45, 2.75) is 19.5 Å². The molecule has 0 aliphatic heterocycles. The van der Waals surface area contributed by atoms with Crippen LogP contribution in [0, 0.1) is 5.82 Å². The molecule has 2 amide bonds. The number of halogens is 1. The minimum Gasteiger partial charge on any atom is -0.385 e. The molecule has 0 saturated heterocycles. The zero-order chi connectivity index (χ0) is 25.3. The summed E-state index contributed by atoms with van der Waals surface area (Å²) in [5.41, 5.74) is 1.37. The molecule has 0 saturated carbocycles. The number of nitrogens with zero attached hydrogens (tertiary/aromatic N) is 2. The van der Waals surface area contributed by atoms with E-state index >= 15 is 0 Å². The van der Waals surface area contributed by atoms with Gasteiger partial charge in [-0.05, 0) is 58.5 Å². The zero-order valence-electron chi connectivity index (χ0n) is 20.2. The summed E-state index contributed by atoms with van der Waals surface area (Å²) in [6.07, 6.45) is 0.617. The highest BCUT2D eigenvalue weighted by molar-refractivity contribution is 7.09. The van der Waals surface area contributed by atoms with Crippen molar-refractivity contribution in [3.63, 3.8) is 0 Å². The fraction of sp³-hybridized carbons (Fsp3) is 0.241. The number of ether oxygens (including phenoxy) is 1. The van der Waals surface area contributed by atoms with Crippen molar-refractivity contribution in [1.29, 1.82) is 0 Å². The third kappa shape index (κ3) is 6.77. The summed E-state index contributed by atoms with van der Waals surface area (Å²) in [6.45, 7) is 1.58. The third-order valence-electron chi connectivity index (χ3n) is 5.95. The maximum absolute atomic E-state index is 13.6. The lowest BCUT2D eigenvalue weighted by Gasteiger charge is -2.28. The first-order valence-electron chi connectivity index (χ1n) is 11.8. The van der Waals surface area contributed by atoms with Crippen molar-refractivity contribution in [3.8, 4) is 0 Å². The molecular formula is C29H29FN2O3S. The molecule has 4 rings (SSSR count). The van der Waals surface area contributed by atoms with Crippen LogP contribution in [0.1, 0.15) is 27.2 Å². The van der Waals surface area contributed by atoms with Crippen LogP contribution in [0.25, 0.3) is 10.8 Å². The van der Waals surface area contributed by atoms with E-state index in [1.165, 1.54) is 12.1 Å². The molecule has 4 aromatic rings. The van der Waals surface area contributed by atoms with Gasteiger partial charge in [-0.15, -0.1) is 11.3 Å². The van der Waals surface area contributed by atoms with Gasteiger partial charge >= 0.3 is 0 Å². The minimum atomic E-state index is -0.319. The van der Waals surface area contributed by atoms with Crippen molar-refractivity contribution < 1.29 is 18.7 Å². The van der Waals surface area contributed by atoms with E-state index in [9.17, 15) is 14.0 Å². The van der Waals surface area contributed by atoms with Crippen LogP contribution in [0.2, 0.25) is 0 Å². The Morgan fingerprint density at radius 2 is 1.67 bits per heavy atom. The van der Waals surface area contributed by atoms with E-state index in [1.54, 1.807) is 46.4 Å². The molecule has 0 aliphatic carbocycles. The Labute approximate surface area is 214 Å². The minimum absolute atomic E-state index is 0.0536. The van der Waals surface area contributed by atoms with Gasteiger partial charge < -0.3 is 14.5 Å². The highest BCUT2D eigenvalue weighted by atomic mass is 32.1. The molecule has 0 fully saturated rings. The van der Waals surface area contributed by atoms with Gasteiger partial charge in [-0.1, -0.05) is 48.5 Å². The number of carbonyl (C=O) groups is 2. The molecule has 0 bridgehead atoms. The largest absolute Gasteiger partial charge is 0.385 e. The number of fused-ring (bicyclic) bond motifs is 1. The molecule has 186 valence electrons. The van der Waals surface area contributed by atoms with Crippen LogP contribution in [-0.4, -0.2) is 48.4 Å². The summed E-state index contributed by atoms with van der Waals surface area (Å²) in [5, 5.41) is 4.00. The number of benzene rings is 3. The fourth-order valence-corrected chi connectivity index (χ4v) is 4.77. The van der Waals surface area contributed by atoms with Crippen molar-refractivity contribution in [1.82, 2.24) is 9.80 Å². The first-order chi connectivity index (χ1) is 17.5. The molecule has 36 heavy (non-hydrogen) atoms. The molecule has 0 aliphatic rings. The Hall–Kier alpha value is -3.55. The van der Waals surface area contributed by atoms with Gasteiger partial charge in [0.15, 0.2) is 0 Å².